The van der Waals surface area contributed by atoms with Gasteiger partial charge in [0.15, 0.2) is 5.82 Å². The summed E-state index contributed by atoms with van der Waals surface area (Å²) in [6.45, 7) is 2.17. The first-order valence-corrected chi connectivity index (χ1v) is 7.06. The lowest BCUT2D eigenvalue weighted by Crippen LogP contribution is -2.10. The zero-order valence-corrected chi connectivity index (χ0v) is 13.0. The molecule has 0 unspecified atom stereocenters. The Labute approximate surface area is 135 Å². The minimum absolute atomic E-state index is 0.145. The van der Waals surface area contributed by atoms with E-state index in [9.17, 15) is 4.39 Å². The molecule has 6 heteroatoms. The lowest BCUT2D eigenvalue weighted by Gasteiger charge is -2.07. The molecule has 1 aromatic carbocycles. The van der Waals surface area contributed by atoms with Crippen molar-refractivity contribution in [3.05, 3.63) is 66.9 Å². The van der Waals surface area contributed by atoms with Gasteiger partial charge in [0.05, 0.1) is 6.33 Å². The van der Waals surface area contributed by atoms with Crippen LogP contribution < -0.4 is 16.2 Å². The summed E-state index contributed by atoms with van der Waals surface area (Å²) in [6.07, 6.45) is 7.13. The number of rotatable bonds is 5. The summed E-state index contributed by atoms with van der Waals surface area (Å²) in [6, 6.07) is 9.05. The van der Waals surface area contributed by atoms with Gasteiger partial charge in [-0.3, -0.25) is 0 Å². The van der Waals surface area contributed by atoms with E-state index in [1.54, 1.807) is 36.7 Å². The van der Waals surface area contributed by atoms with E-state index in [0.29, 0.717) is 23.5 Å². The van der Waals surface area contributed by atoms with Gasteiger partial charge >= 0.3 is 0 Å². The molecule has 0 aliphatic heterocycles. The van der Waals surface area contributed by atoms with E-state index in [-0.39, 0.29) is 13.2 Å². The third-order valence-electron chi connectivity index (χ3n) is 2.71. The molecule has 0 bridgehead atoms. The van der Waals surface area contributed by atoms with Crippen LogP contribution in [0.25, 0.3) is 11.4 Å². The summed E-state index contributed by atoms with van der Waals surface area (Å²) in [4.78, 5) is 8.30. The Balaban J connectivity index is 0.000000593. The monoisotopic (exact) mass is 316 g/mol. The number of nitrogens with zero attached hydrogens (tertiary/aromatic N) is 2. The van der Waals surface area contributed by atoms with Crippen LogP contribution >= 0.6 is 0 Å². The van der Waals surface area contributed by atoms with Crippen LogP contribution in [0.15, 0.2) is 66.9 Å². The van der Waals surface area contributed by atoms with Gasteiger partial charge in [-0.15, -0.1) is 0 Å². The molecule has 2 rings (SSSR count). The summed E-state index contributed by atoms with van der Waals surface area (Å²) in [7, 11) is 0. The number of halogens is 1. The van der Waals surface area contributed by atoms with E-state index < -0.39 is 0 Å². The summed E-state index contributed by atoms with van der Waals surface area (Å²) in [5.41, 5.74) is 11.5. The molecule has 0 atom stereocenters. The van der Waals surface area contributed by atoms with Gasteiger partial charge in [-0.2, -0.15) is 0 Å². The van der Waals surface area contributed by atoms with E-state index in [4.69, 9.17) is 16.2 Å². The van der Waals surface area contributed by atoms with Gasteiger partial charge in [-0.1, -0.05) is 6.08 Å². The van der Waals surface area contributed by atoms with E-state index in [2.05, 4.69) is 9.97 Å². The van der Waals surface area contributed by atoms with Crippen LogP contribution in [0.1, 0.15) is 6.92 Å². The van der Waals surface area contributed by atoms with Crippen molar-refractivity contribution in [3.63, 3.8) is 0 Å². The van der Waals surface area contributed by atoms with Gasteiger partial charge < -0.3 is 16.2 Å². The lowest BCUT2D eigenvalue weighted by molar-refractivity contribution is 0.347. The molecule has 0 aliphatic carbocycles. The zero-order chi connectivity index (χ0) is 16.9. The van der Waals surface area contributed by atoms with Crippen molar-refractivity contribution in [2.24, 2.45) is 11.5 Å². The number of ether oxygens (including phenoxy) is 1. The fourth-order valence-corrected chi connectivity index (χ4v) is 1.46. The highest BCUT2D eigenvalue weighted by atomic mass is 19.1. The fraction of sp³-hybridized carbons (Fsp3) is 0.176. The maximum atomic E-state index is 12.3. The summed E-state index contributed by atoms with van der Waals surface area (Å²) < 4.78 is 17.7. The van der Waals surface area contributed by atoms with Crippen molar-refractivity contribution in [3.8, 4) is 17.1 Å². The Morgan fingerprint density at radius 1 is 1.22 bits per heavy atom. The molecule has 0 aliphatic rings. The second-order valence-electron chi connectivity index (χ2n) is 4.38. The molecule has 0 saturated heterocycles. The van der Waals surface area contributed by atoms with Crippen LogP contribution in [0.5, 0.6) is 5.75 Å². The summed E-state index contributed by atoms with van der Waals surface area (Å²) >= 11 is 0. The van der Waals surface area contributed by atoms with Gasteiger partial charge in [0, 0.05) is 30.1 Å². The maximum absolute atomic E-state index is 12.3. The molecule has 0 radical (unpaired) electrons. The first kappa shape index (κ1) is 18.3. The minimum atomic E-state index is 0.145. The van der Waals surface area contributed by atoms with Gasteiger partial charge in [0.2, 0.25) is 0 Å². The number of nitrogens with two attached hydrogens (primary N) is 2. The van der Waals surface area contributed by atoms with Crippen molar-refractivity contribution in [1.29, 1.82) is 0 Å². The normalized spacial score (nSPS) is 11.0. The first-order chi connectivity index (χ1) is 11.2. The molecule has 0 fully saturated rings. The molecule has 4 N–H and O–H groups in total. The Bertz CT molecular complexity index is 608. The van der Waals surface area contributed by atoms with Crippen LogP contribution in [0, 0.1) is 0 Å². The van der Waals surface area contributed by atoms with Crippen LogP contribution in [0.4, 0.5) is 4.39 Å². The van der Waals surface area contributed by atoms with Gasteiger partial charge in [-0.05, 0) is 43.5 Å². The number of aromatic nitrogens is 2. The molecule has 0 amide bonds. The minimum Gasteiger partial charge on any atom is -0.489 e. The highest BCUT2D eigenvalue weighted by Crippen LogP contribution is 2.19. The average molecular weight is 316 g/mol. The highest BCUT2D eigenvalue weighted by Gasteiger charge is 2.01. The largest absolute Gasteiger partial charge is 0.489 e. The number of hydrogen-bond donors (Lipinski definition) is 2. The average Bonchev–Trinajstić information content (AvgIpc) is 2.64. The molecule has 1 heterocycles. The van der Waals surface area contributed by atoms with Crippen molar-refractivity contribution in [2.75, 3.05) is 13.2 Å². The molecular weight excluding hydrogens is 295 g/mol. The smallest absolute Gasteiger partial charge is 0.159 e. The molecule has 23 heavy (non-hydrogen) atoms. The topological polar surface area (TPSA) is 87.0 Å². The Kier molecular flexibility index (Phi) is 8.70. The van der Waals surface area contributed by atoms with E-state index in [1.165, 1.54) is 6.20 Å². The second-order valence-corrected chi connectivity index (χ2v) is 4.38. The van der Waals surface area contributed by atoms with Gasteiger partial charge in [0.1, 0.15) is 12.4 Å². The number of hydrogen-bond acceptors (Lipinski definition) is 5. The third-order valence-corrected chi connectivity index (χ3v) is 2.71. The van der Waals surface area contributed by atoms with E-state index in [1.807, 2.05) is 19.1 Å². The van der Waals surface area contributed by atoms with Crippen LogP contribution in [-0.2, 0) is 0 Å². The SMILES string of the molecule is C/C=C\N.NC/C(=C\F)COc1ccc(-c2ncccn2)cc1. The van der Waals surface area contributed by atoms with Crippen LogP contribution in [0.3, 0.4) is 0 Å². The molecule has 122 valence electrons. The Hall–Kier alpha value is -2.73. The maximum Gasteiger partial charge on any atom is 0.159 e. The van der Waals surface area contributed by atoms with Gasteiger partial charge in [-0.25, -0.2) is 14.4 Å². The van der Waals surface area contributed by atoms with E-state index in [0.717, 1.165) is 5.56 Å². The first-order valence-electron chi connectivity index (χ1n) is 7.06. The molecule has 0 spiro atoms. The second kappa shape index (κ2) is 10.9. The highest BCUT2D eigenvalue weighted by molar-refractivity contribution is 5.55. The standard InChI is InChI=1S/C14H14FN3O.C3H7N/c15-8-11(9-16)10-19-13-4-2-12(3-5-13)14-17-6-1-7-18-14;1-2-3-4/h1-8H,9-10,16H2;2-3H,4H2,1H3/b11-8+;3-2-. The molecule has 1 aromatic heterocycles. The van der Waals surface area contributed by atoms with Crippen LogP contribution in [-0.4, -0.2) is 23.1 Å². The summed E-state index contributed by atoms with van der Waals surface area (Å²) in [5, 5.41) is 0. The Morgan fingerprint density at radius 2 is 1.83 bits per heavy atom. The van der Waals surface area contributed by atoms with Crippen molar-refractivity contribution in [2.45, 2.75) is 6.92 Å². The van der Waals surface area contributed by atoms with Gasteiger partial charge in [0.25, 0.3) is 0 Å². The van der Waals surface area contributed by atoms with Crippen molar-refractivity contribution < 1.29 is 9.13 Å². The number of benzene rings is 1. The molecule has 5 nitrogen and oxygen atoms in total. The molecular formula is C17H21FN4O. The zero-order valence-electron chi connectivity index (χ0n) is 13.0. The third kappa shape index (κ3) is 6.71. The Morgan fingerprint density at radius 3 is 2.30 bits per heavy atom. The van der Waals surface area contributed by atoms with Crippen molar-refractivity contribution >= 4 is 0 Å². The fourth-order valence-electron chi connectivity index (χ4n) is 1.46. The van der Waals surface area contributed by atoms with Crippen molar-refractivity contribution in [1.82, 2.24) is 9.97 Å². The van der Waals surface area contributed by atoms with Crippen LogP contribution in [0.2, 0.25) is 0 Å². The number of allylic oxidation sites excluding steroid dienone is 1. The molecule has 2 aromatic rings. The predicted molar refractivity (Wildman–Crippen MR) is 90.2 cm³/mol. The quantitative estimate of drug-likeness (QED) is 0.885. The van der Waals surface area contributed by atoms with E-state index >= 15 is 0 Å². The predicted octanol–water partition coefficient (Wildman–Crippen LogP) is 2.81. The molecule has 0 saturated carbocycles. The lowest BCUT2D eigenvalue weighted by atomic mass is 10.2. The summed E-state index contributed by atoms with van der Waals surface area (Å²) in [5.74, 6) is 1.30.